The van der Waals surface area contributed by atoms with Crippen LogP contribution in [0.15, 0.2) is 53.4 Å². The molecule has 0 spiro atoms. The van der Waals surface area contributed by atoms with Crippen LogP contribution in [-0.4, -0.2) is 18.2 Å². The van der Waals surface area contributed by atoms with Crippen LogP contribution in [0.25, 0.3) is 0 Å². The number of aryl methyl sites for hydroxylation is 1. The Balaban J connectivity index is 1.69. The van der Waals surface area contributed by atoms with E-state index < -0.39 is 0 Å². The van der Waals surface area contributed by atoms with Gasteiger partial charge in [-0.05, 0) is 36.6 Å². The number of fused-ring (bicyclic) bond motifs is 1. The Morgan fingerprint density at radius 1 is 1.14 bits per heavy atom. The van der Waals surface area contributed by atoms with Crippen molar-refractivity contribution in [2.75, 3.05) is 22.9 Å². The minimum Gasteiger partial charge on any atom is -0.399 e. The van der Waals surface area contributed by atoms with Crippen LogP contribution in [0, 0.1) is 0 Å². The number of anilines is 2. The van der Waals surface area contributed by atoms with E-state index in [1.54, 1.807) is 11.8 Å². The Bertz CT molecular complexity index is 642. The van der Waals surface area contributed by atoms with E-state index in [0.717, 1.165) is 35.7 Å². The molecule has 0 saturated carbocycles. The van der Waals surface area contributed by atoms with E-state index in [9.17, 15) is 4.79 Å². The largest absolute Gasteiger partial charge is 0.399 e. The number of carbonyl (C=O) groups is 1. The quantitative estimate of drug-likeness (QED) is 0.881. The molecule has 3 nitrogen and oxygen atoms in total. The van der Waals surface area contributed by atoms with Gasteiger partial charge < -0.3 is 10.6 Å². The van der Waals surface area contributed by atoms with Crippen molar-refractivity contribution >= 4 is 29.0 Å². The highest BCUT2D eigenvalue weighted by atomic mass is 32.2. The number of hydrogen-bond donors (Lipinski definition) is 1. The molecule has 2 N–H and O–H groups in total. The third-order valence-corrected chi connectivity index (χ3v) is 4.65. The van der Waals surface area contributed by atoms with Crippen molar-refractivity contribution in [1.29, 1.82) is 0 Å². The number of thioether (sulfide) groups is 1. The number of carbonyl (C=O) groups excluding carboxylic acids is 1. The number of nitrogens with zero attached hydrogens (tertiary/aromatic N) is 1. The number of nitrogens with two attached hydrogens (primary N) is 1. The fraction of sp³-hybridized carbons (Fsp3) is 0.235. The fourth-order valence-corrected chi connectivity index (χ4v) is 3.53. The van der Waals surface area contributed by atoms with Gasteiger partial charge in [0, 0.05) is 17.1 Å². The lowest BCUT2D eigenvalue weighted by molar-refractivity contribution is -0.116. The molecule has 0 aromatic heterocycles. The van der Waals surface area contributed by atoms with Gasteiger partial charge in [-0.15, -0.1) is 11.8 Å². The first kappa shape index (κ1) is 14.0. The molecule has 3 rings (SSSR count). The Labute approximate surface area is 129 Å². The number of nitrogen functional groups attached to an aromatic ring is 1. The summed E-state index contributed by atoms with van der Waals surface area (Å²) in [7, 11) is 0. The van der Waals surface area contributed by atoms with E-state index in [2.05, 4.69) is 24.3 Å². The molecule has 0 radical (unpaired) electrons. The molecule has 0 aliphatic carbocycles. The molecule has 1 aliphatic heterocycles. The molecule has 1 aliphatic rings. The van der Waals surface area contributed by atoms with Crippen molar-refractivity contribution in [3.05, 3.63) is 54.1 Å². The van der Waals surface area contributed by atoms with Crippen LogP contribution >= 0.6 is 11.8 Å². The predicted molar refractivity (Wildman–Crippen MR) is 88.7 cm³/mol. The monoisotopic (exact) mass is 298 g/mol. The maximum absolute atomic E-state index is 12.2. The topological polar surface area (TPSA) is 46.3 Å². The van der Waals surface area contributed by atoms with Crippen molar-refractivity contribution in [3.63, 3.8) is 0 Å². The van der Waals surface area contributed by atoms with Gasteiger partial charge in [-0.1, -0.05) is 30.3 Å². The van der Waals surface area contributed by atoms with E-state index in [0.29, 0.717) is 5.75 Å². The molecule has 4 heteroatoms. The Kier molecular flexibility index (Phi) is 4.15. The summed E-state index contributed by atoms with van der Waals surface area (Å²) in [6, 6.07) is 16.2. The van der Waals surface area contributed by atoms with Gasteiger partial charge in [0.1, 0.15) is 0 Å². The molecule has 0 atom stereocenters. The van der Waals surface area contributed by atoms with Crippen molar-refractivity contribution in [2.45, 2.75) is 17.7 Å². The van der Waals surface area contributed by atoms with Gasteiger partial charge >= 0.3 is 0 Å². The Morgan fingerprint density at radius 2 is 1.95 bits per heavy atom. The standard InChI is InChI=1S/C17H18N2OS/c18-14-8-9-15-16(11-14)21-12-17(20)19(15)10-4-7-13-5-2-1-3-6-13/h1-3,5-6,8-9,11H,4,7,10,12,18H2. The SMILES string of the molecule is Nc1ccc2c(c1)SCC(=O)N2CCCc1ccccc1. The van der Waals surface area contributed by atoms with Gasteiger partial charge in [-0.25, -0.2) is 0 Å². The first-order valence-electron chi connectivity index (χ1n) is 7.10. The molecule has 0 bridgehead atoms. The second kappa shape index (κ2) is 6.22. The molecule has 2 aromatic carbocycles. The highest BCUT2D eigenvalue weighted by molar-refractivity contribution is 8.00. The third-order valence-electron chi connectivity index (χ3n) is 3.62. The van der Waals surface area contributed by atoms with Gasteiger partial charge in [0.25, 0.3) is 0 Å². The van der Waals surface area contributed by atoms with E-state index in [4.69, 9.17) is 5.73 Å². The van der Waals surface area contributed by atoms with E-state index in [1.165, 1.54) is 5.56 Å². The van der Waals surface area contributed by atoms with Crippen molar-refractivity contribution in [2.24, 2.45) is 0 Å². The molecular formula is C17H18N2OS. The maximum Gasteiger partial charge on any atom is 0.237 e. The van der Waals surface area contributed by atoms with Crippen molar-refractivity contribution < 1.29 is 4.79 Å². The molecule has 1 heterocycles. The molecule has 2 aromatic rings. The minimum absolute atomic E-state index is 0.185. The van der Waals surface area contributed by atoms with Gasteiger partial charge in [0.15, 0.2) is 0 Å². The summed E-state index contributed by atoms with van der Waals surface area (Å²) in [6.45, 7) is 0.755. The van der Waals surface area contributed by atoms with Crippen LogP contribution in [0.5, 0.6) is 0 Å². The molecule has 108 valence electrons. The normalized spacial score (nSPS) is 14.1. The van der Waals surface area contributed by atoms with Gasteiger partial charge in [0.2, 0.25) is 5.91 Å². The van der Waals surface area contributed by atoms with E-state index in [1.807, 2.05) is 29.2 Å². The predicted octanol–water partition coefficient (Wildman–Crippen LogP) is 3.34. The van der Waals surface area contributed by atoms with Crippen molar-refractivity contribution in [1.82, 2.24) is 0 Å². The minimum atomic E-state index is 0.185. The van der Waals surface area contributed by atoms with Gasteiger partial charge in [-0.2, -0.15) is 0 Å². The van der Waals surface area contributed by atoms with Crippen LogP contribution in [0.4, 0.5) is 11.4 Å². The first-order chi connectivity index (χ1) is 10.2. The maximum atomic E-state index is 12.2. The Morgan fingerprint density at radius 3 is 2.76 bits per heavy atom. The average Bonchev–Trinajstić information content (AvgIpc) is 2.50. The lowest BCUT2D eigenvalue weighted by Crippen LogP contribution is -2.36. The zero-order valence-electron chi connectivity index (χ0n) is 11.8. The van der Waals surface area contributed by atoms with Gasteiger partial charge in [-0.3, -0.25) is 4.79 Å². The van der Waals surface area contributed by atoms with Crippen LogP contribution in [-0.2, 0) is 11.2 Å². The summed E-state index contributed by atoms with van der Waals surface area (Å²) in [5.41, 5.74) is 8.88. The number of hydrogen-bond acceptors (Lipinski definition) is 3. The summed E-state index contributed by atoms with van der Waals surface area (Å²) in [4.78, 5) is 15.2. The number of amides is 1. The zero-order chi connectivity index (χ0) is 14.7. The molecular weight excluding hydrogens is 280 g/mol. The summed E-state index contributed by atoms with van der Waals surface area (Å²) < 4.78 is 0. The molecule has 0 unspecified atom stereocenters. The molecule has 21 heavy (non-hydrogen) atoms. The van der Waals surface area contributed by atoms with Crippen LogP contribution in [0.3, 0.4) is 0 Å². The second-order valence-corrected chi connectivity index (χ2v) is 6.17. The Hall–Kier alpha value is -1.94. The number of rotatable bonds is 4. The number of benzene rings is 2. The highest BCUT2D eigenvalue weighted by Crippen LogP contribution is 2.36. The lowest BCUT2D eigenvalue weighted by Gasteiger charge is -2.29. The van der Waals surface area contributed by atoms with Crippen LogP contribution in [0.1, 0.15) is 12.0 Å². The summed E-state index contributed by atoms with van der Waals surface area (Å²) >= 11 is 1.57. The van der Waals surface area contributed by atoms with E-state index >= 15 is 0 Å². The lowest BCUT2D eigenvalue weighted by atomic mass is 10.1. The van der Waals surface area contributed by atoms with Crippen LogP contribution in [0.2, 0.25) is 0 Å². The smallest absolute Gasteiger partial charge is 0.237 e. The highest BCUT2D eigenvalue weighted by Gasteiger charge is 2.24. The average molecular weight is 298 g/mol. The summed E-state index contributed by atoms with van der Waals surface area (Å²) in [5, 5.41) is 0. The molecule has 0 fully saturated rings. The van der Waals surface area contributed by atoms with E-state index in [-0.39, 0.29) is 5.91 Å². The zero-order valence-corrected chi connectivity index (χ0v) is 12.6. The molecule has 1 amide bonds. The first-order valence-corrected chi connectivity index (χ1v) is 8.09. The van der Waals surface area contributed by atoms with Crippen LogP contribution < -0.4 is 10.6 Å². The fourth-order valence-electron chi connectivity index (χ4n) is 2.55. The third kappa shape index (κ3) is 3.22. The second-order valence-electron chi connectivity index (χ2n) is 5.15. The summed E-state index contributed by atoms with van der Waals surface area (Å²) in [6.07, 6.45) is 1.95. The van der Waals surface area contributed by atoms with Crippen molar-refractivity contribution in [3.8, 4) is 0 Å². The summed E-state index contributed by atoms with van der Waals surface area (Å²) in [5.74, 6) is 0.687. The molecule has 0 saturated heterocycles. The van der Waals surface area contributed by atoms with Gasteiger partial charge in [0.05, 0.1) is 11.4 Å².